The Morgan fingerprint density at radius 1 is 1.41 bits per heavy atom. The highest BCUT2D eigenvalue weighted by Crippen LogP contribution is 2.20. The highest BCUT2D eigenvalue weighted by molar-refractivity contribution is 5.29. The lowest BCUT2D eigenvalue weighted by Crippen LogP contribution is -2.33. The van der Waals surface area contributed by atoms with Crippen LogP contribution in [0.15, 0.2) is 12.3 Å². The molecule has 0 saturated heterocycles. The minimum absolute atomic E-state index is 0.365. The van der Waals surface area contributed by atoms with Gasteiger partial charge in [-0.1, -0.05) is 0 Å². The van der Waals surface area contributed by atoms with Crippen LogP contribution in [0.2, 0.25) is 0 Å². The van der Waals surface area contributed by atoms with Crippen LogP contribution in [0.5, 0.6) is 5.88 Å². The van der Waals surface area contributed by atoms with E-state index in [0.717, 1.165) is 25.7 Å². The van der Waals surface area contributed by atoms with E-state index in [-0.39, 0.29) is 0 Å². The summed E-state index contributed by atoms with van der Waals surface area (Å²) in [6.45, 7) is 2.56. The highest BCUT2D eigenvalue weighted by atomic mass is 16.5. The molecule has 0 spiro atoms. The van der Waals surface area contributed by atoms with Gasteiger partial charge in [0, 0.05) is 24.3 Å². The Kier molecular flexibility index (Phi) is 4.14. The third-order valence-corrected chi connectivity index (χ3v) is 3.03. The van der Waals surface area contributed by atoms with E-state index in [4.69, 9.17) is 10.5 Å². The van der Waals surface area contributed by atoms with Crippen LogP contribution in [0.4, 0.5) is 5.95 Å². The summed E-state index contributed by atoms with van der Waals surface area (Å²) < 4.78 is 5.34. The average Bonchev–Trinajstić information content (AvgIpc) is 2.33. The zero-order valence-electron chi connectivity index (χ0n) is 10.2. The summed E-state index contributed by atoms with van der Waals surface area (Å²) in [5, 5.41) is 3.34. The molecule has 1 aromatic heterocycles. The molecular formula is C12H20N4O. The van der Waals surface area contributed by atoms with Crippen LogP contribution in [-0.4, -0.2) is 28.7 Å². The van der Waals surface area contributed by atoms with Crippen molar-refractivity contribution in [3.05, 3.63) is 12.3 Å². The molecule has 5 nitrogen and oxygen atoms in total. The number of nitrogens with one attached hydrogen (secondary N) is 1. The zero-order chi connectivity index (χ0) is 12.1. The fourth-order valence-electron chi connectivity index (χ4n) is 2.09. The predicted octanol–water partition coefficient (Wildman–Crippen LogP) is 1.56. The minimum Gasteiger partial charge on any atom is -0.478 e. The lowest BCUT2D eigenvalue weighted by atomic mass is 9.92. The largest absolute Gasteiger partial charge is 0.478 e. The first kappa shape index (κ1) is 12.1. The first-order chi connectivity index (χ1) is 8.28. The minimum atomic E-state index is 0.365. The molecule has 1 aliphatic carbocycles. The number of ether oxygens (including phenoxy) is 1. The van der Waals surface area contributed by atoms with Gasteiger partial charge in [0.1, 0.15) is 0 Å². The van der Waals surface area contributed by atoms with Crippen molar-refractivity contribution in [2.45, 2.75) is 44.7 Å². The van der Waals surface area contributed by atoms with Crippen LogP contribution in [0.1, 0.15) is 32.6 Å². The number of nitrogens with two attached hydrogens (primary N) is 1. The van der Waals surface area contributed by atoms with E-state index in [0.29, 0.717) is 30.5 Å². The van der Waals surface area contributed by atoms with E-state index in [9.17, 15) is 0 Å². The van der Waals surface area contributed by atoms with Gasteiger partial charge in [0.25, 0.3) is 0 Å². The molecule has 2 rings (SSSR count). The molecule has 1 heterocycles. The van der Waals surface area contributed by atoms with Crippen molar-refractivity contribution in [1.29, 1.82) is 0 Å². The van der Waals surface area contributed by atoms with Gasteiger partial charge >= 0.3 is 0 Å². The maximum absolute atomic E-state index is 5.87. The molecule has 0 radical (unpaired) electrons. The summed E-state index contributed by atoms with van der Waals surface area (Å²) in [6, 6.07) is 2.57. The van der Waals surface area contributed by atoms with E-state index in [1.807, 2.05) is 6.92 Å². The molecule has 1 saturated carbocycles. The predicted molar refractivity (Wildman–Crippen MR) is 67.1 cm³/mol. The Labute approximate surface area is 102 Å². The van der Waals surface area contributed by atoms with Gasteiger partial charge in [0.15, 0.2) is 0 Å². The zero-order valence-corrected chi connectivity index (χ0v) is 10.2. The molecule has 17 heavy (non-hydrogen) atoms. The summed E-state index contributed by atoms with van der Waals surface area (Å²) in [5.41, 5.74) is 5.87. The molecule has 1 aromatic rings. The van der Waals surface area contributed by atoms with Crippen LogP contribution < -0.4 is 15.8 Å². The molecule has 0 aliphatic heterocycles. The van der Waals surface area contributed by atoms with Crippen molar-refractivity contribution >= 4 is 5.95 Å². The van der Waals surface area contributed by atoms with Gasteiger partial charge in [-0.3, -0.25) is 0 Å². The van der Waals surface area contributed by atoms with Crippen molar-refractivity contribution in [3.8, 4) is 5.88 Å². The lowest BCUT2D eigenvalue weighted by Gasteiger charge is -2.26. The van der Waals surface area contributed by atoms with Gasteiger partial charge < -0.3 is 15.8 Å². The highest BCUT2D eigenvalue weighted by Gasteiger charge is 2.18. The van der Waals surface area contributed by atoms with Crippen LogP contribution in [-0.2, 0) is 0 Å². The molecule has 0 aromatic carbocycles. The van der Waals surface area contributed by atoms with E-state index >= 15 is 0 Å². The van der Waals surface area contributed by atoms with Gasteiger partial charge in [0.05, 0.1) is 6.61 Å². The Morgan fingerprint density at radius 3 is 2.88 bits per heavy atom. The number of aromatic nitrogens is 2. The van der Waals surface area contributed by atoms with Crippen LogP contribution >= 0.6 is 0 Å². The molecule has 0 bridgehead atoms. The average molecular weight is 236 g/mol. The van der Waals surface area contributed by atoms with Crippen molar-refractivity contribution in [1.82, 2.24) is 9.97 Å². The van der Waals surface area contributed by atoms with Gasteiger partial charge in [-0.25, -0.2) is 4.98 Å². The first-order valence-corrected chi connectivity index (χ1v) is 6.26. The van der Waals surface area contributed by atoms with Crippen molar-refractivity contribution in [2.75, 3.05) is 11.9 Å². The van der Waals surface area contributed by atoms with Crippen molar-refractivity contribution in [2.24, 2.45) is 5.73 Å². The normalized spacial score (nSPS) is 24.4. The third-order valence-electron chi connectivity index (χ3n) is 3.03. The summed E-state index contributed by atoms with van der Waals surface area (Å²) in [5.74, 6) is 1.27. The monoisotopic (exact) mass is 236 g/mol. The molecule has 5 heteroatoms. The second kappa shape index (κ2) is 5.82. The number of hydrogen-bond donors (Lipinski definition) is 2. The number of rotatable bonds is 4. The smallest absolute Gasteiger partial charge is 0.226 e. The van der Waals surface area contributed by atoms with Crippen LogP contribution in [0.25, 0.3) is 0 Å². The number of nitrogens with zero attached hydrogens (tertiary/aromatic N) is 2. The first-order valence-electron chi connectivity index (χ1n) is 6.26. The SMILES string of the molecule is CCOc1ccnc(NC2CCC(N)CC2)n1. The van der Waals surface area contributed by atoms with E-state index in [2.05, 4.69) is 15.3 Å². The van der Waals surface area contributed by atoms with Crippen LogP contribution in [0, 0.1) is 0 Å². The molecule has 0 unspecified atom stereocenters. The summed E-state index contributed by atoms with van der Waals surface area (Å²) in [7, 11) is 0. The van der Waals surface area contributed by atoms with Crippen molar-refractivity contribution < 1.29 is 4.74 Å². The maximum Gasteiger partial charge on any atom is 0.226 e. The fraction of sp³-hybridized carbons (Fsp3) is 0.667. The fourth-order valence-corrected chi connectivity index (χ4v) is 2.09. The second-order valence-corrected chi connectivity index (χ2v) is 4.41. The number of hydrogen-bond acceptors (Lipinski definition) is 5. The van der Waals surface area contributed by atoms with Crippen LogP contribution in [0.3, 0.4) is 0 Å². The molecule has 1 aliphatic rings. The van der Waals surface area contributed by atoms with Crippen molar-refractivity contribution in [3.63, 3.8) is 0 Å². The van der Waals surface area contributed by atoms with Gasteiger partial charge in [-0.05, 0) is 32.6 Å². The Morgan fingerprint density at radius 2 is 2.18 bits per heavy atom. The van der Waals surface area contributed by atoms with E-state index < -0.39 is 0 Å². The maximum atomic E-state index is 5.87. The Bertz CT molecular complexity index is 350. The number of anilines is 1. The standard InChI is InChI=1S/C12H20N4O/c1-2-17-11-7-8-14-12(16-11)15-10-5-3-9(13)4-6-10/h7-10H,2-6,13H2,1H3,(H,14,15,16). The van der Waals surface area contributed by atoms with Gasteiger partial charge in [-0.2, -0.15) is 4.98 Å². The molecule has 94 valence electrons. The topological polar surface area (TPSA) is 73.1 Å². The Balaban J connectivity index is 1.91. The molecular weight excluding hydrogens is 216 g/mol. The molecule has 1 fully saturated rings. The third kappa shape index (κ3) is 3.56. The molecule has 0 amide bonds. The second-order valence-electron chi connectivity index (χ2n) is 4.41. The van der Waals surface area contributed by atoms with E-state index in [1.54, 1.807) is 12.3 Å². The summed E-state index contributed by atoms with van der Waals surface area (Å²) in [4.78, 5) is 8.50. The van der Waals surface area contributed by atoms with Gasteiger partial charge in [-0.15, -0.1) is 0 Å². The summed E-state index contributed by atoms with van der Waals surface area (Å²) >= 11 is 0. The quantitative estimate of drug-likeness (QED) is 0.830. The molecule has 0 atom stereocenters. The lowest BCUT2D eigenvalue weighted by molar-refractivity contribution is 0.326. The van der Waals surface area contributed by atoms with Gasteiger partial charge in [0.2, 0.25) is 11.8 Å². The molecule has 3 N–H and O–H groups in total. The van der Waals surface area contributed by atoms with E-state index in [1.165, 1.54) is 0 Å². The Hall–Kier alpha value is -1.36. The summed E-state index contributed by atoms with van der Waals surface area (Å²) in [6.07, 6.45) is 6.04.